The Hall–Kier alpha value is -8.52. The van der Waals surface area contributed by atoms with Crippen molar-refractivity contribution in [3.05, 3.63) is 211 Å². The second-order valence-corrected chi connectivity index (χ2v) is 19.0. The molecule has 0 spiro atoms. The highest BCUT2D eigenvalue weighted by molar-refractivity contribution is 7.27. The second kappa shape index (κ2) is 14.0. The van der Waals surface area contributed by atoms with E-state index in [9.17, 15) is 11.8 Å². The van der Waals surface area contributed by atoms with Gasteiger partial charge in [0.15, 0.2) is 0 Å². The maximum atomic E-state index is 11.9. The van der Waals surface area contributed by atoms with Crippen molar-refractivity contribution >= 4 is 123 Å². The Bertz CT molecular complexity index is 4350. The monoisotopic (exact) mass is 872 g/mol. The van der Waals surface area contributed by atoms with Crippen LogP contribution in [0.4, 0.5) is 5.69 Å². The molecule has 0 unspecified atom stereocenters. The van der Waals surface area contributed by atoms with E-state index in [1.165, 1.54) is 30.9 Å². The SMILES string of the molecule is [C-]#[N+]c1c(-c2ccccc2)c(C#N)c(-n2c3ccccc3c3cc4ccccc4cc32)c(-c2ccccc2)c1-n1c2c(ccc3c4ccccc4sc32)c2ccc3c4ccccc4sc3c21. The first-order valence-corrected chi connectivity index (χ1v) is 23.6. The third-order valence-electron chi connectivity index (χ3n) is 13.5. The molecule has 4 aromatic heterocycles. The highest BCUT2D eigenvalue weighted by atomic mass is 32.1. The van der Waals surface area contributed by atoms with Gasteiger partial charge in [-0.2, -0.15) is 5.26 Å². The minimum Gasteiger partial charge on any atom is -0.316 e. The lowest BCUT2D eigenvalue weighted by Gasteiger charge is -2.26. The first-order chi connectivity index (χ1) is 32.7. The number of nitriles is 1. The summed E-state index contributed by atoms with van der Waals surface area (Å²) in [6.07, 6.45) is 0. The fraction of sp³-hybridized carbons (Fsp3) is 0. The molecule has 0 saturated heterocycles. The Morgan fingerprint density at radius 1 is 0.424 bits per heavy atom. The third kappa shape index (κ3) is 5.00. The van der Waals surface area contributed by atoms with Gasteiger partial charge in [-0.05, 0) is 52.2 Å². The van der Waals surface area contributed by atoms with Crippen LogP contribution < -0.4 is 0 Å². The Morgan fingerprint density at radius 2 is 0.924 bits per heavy atom. The van der Waals surface area contributed by atoms with Gasteiger partial charge in [-0.3, -0.25) is 0 Å². The molecule has 0 radical (unpaired) electrons. The molecule has 0 amide bonds. The van der Waals surface area contributed by atoms with Crippen molar-refractivity contribution in [3.8, 4) is 39.7 Å². The summed E-state index contributed by atoms with van der Waals surface area (Å²) in [5.74, 6) is 0. The van der Waals surface area contributed by atoms with Crippen molar-refractivity contribution < 1.29 is 0 Å². The zero-order valence-corrected chi connectivity index (χ0v) is 36.7. The highest BCUT2D eigenvalue weighted by Gasteiger charge is 2.33. The van der Waals surface area contributed by atoms with Gasteiger partial charge in [0.25, 0.3) is 0 Å². The normalized spacial score (nSPS) is 11.9. The fourth-order valence-corrected chi connectivity index (χ4v) is 13.3. The molecule has 0 bridgehead atoms. The fourth-order valence-electron chi connectivity index (χ4n) is 10.8. The molecule has 10 aromatic carbocycles. The van der Waals surface area contributed by atoms with Crippen LogP contribution in [0.2, 0.25) is 0 Å². The molecule has 0 aliphatic heterocycles. The van der Waals surface area contributed by atoms with Crippen molar-refractivity contribution in [3.63, 3.8) is 0 Å². The molecule has 4 heterocycles. The molecule has 0 N–H and O–H groups in total. The lowest BCUT2D eigenvalue weighted by atomic mass is 9.88. The molecule has 0 aliphatic carbocycles. The quantitative estimate of drug-likeness (QED) is 0.162. The van der Waals surface area contributed by atoms with Crippen LogP contribution >= 0.6 is 22.7 Å². The number of rotatable bonds is 4. The Morgan fingerprint density at radius 3 is 1.52 bits per heavy atom. The summed E-state index contributed by atoms with van der Waals surface area (Å²) in [5, 5.41) is 23.4. The minimum absolute atomic E-state index is 0.432. The van der Waals surface area contributed by atoms with Gasteiger partial charge in [0.05, 0.1) is 55.0 Å². The number of benzene rings is 10. The van der Waals surface area contributed by atoms with Gasteiger partial charge in [0.2, 0.25) is 5.69 Å². The van der Waals surface area contributed by atoms with Crippen molar-refractivity contribution in [1.29, 1.82) is 5.26 Å². The zero-order chi connectivity index (χ0) is 43.6. The van der Waals surface area contributed by atoms with E-state index in [1.807, 2.05) is 36.4 Å². The van der Waals surface area contributed by atoms with E-state index >= 15 is 0 Å². The third-order valence-corrected chi connectivity index (χ3v) is 15.9. The van der Waals surface area contributed by atoms with Gasteiger partial charge in [-0.25, -0.2) is 4.85 Å². The molecule has 304 valence electrons. The van der Waals surface area contributed by atoms with E-state index in [-0.39, 0.29) is 0 Å². The molecule has 0 aliphatic rings. The number of hydrogen-bond donors (Lipinski definition) is 0. The Balaban J connectivity index is 1.31. The van der Waals surface area contributed by atoms with Crippen molar-refractivity contribution in [2.24, 2.45) is 0 Å². The second-order valence-electron chi connectivity index (χ2n) is 16.9. The number of fused-ring (bicyclic) bond motifs is 15. The van der Waals surface area contributed by atoms with Gasteiger partial charge in [0, 0.05) is 63.6 Å². The molecule has 66 heavy (non-hydrogen) atoms. The van der Waals surface area contributed by atoms with Crippen LogP contribution in [0.5, 0.6) is 0 Å². The van der Waals surface area contributed by atoms with E-state index in [2.05, 4.69) is 178 Å². The summed E-state index contributed by atoms with van der Waals surface area (Å²) in [4.78, 5) is 4.62. The molecule has 6 heteroatoms. The smallest absolute Gasteiger partial charge is 0.220 e. The van der Waals surface area contributed by atoms with Crippen molar-refractivity contribution in [1.82, 2.24) is 9.13 Å². The lowest BCUT2D eigenvalue weighted by molar-refractivity contribution is 1.14. The number of hydrogen-bond acceptors (Lipinski definition) is 3. The van der Waals surface area contributed by atoms with Crippen LogP contribution in [0.25, 0.3) is 133 Å². The minimum atomic E-state index is 0.432. The lowest BCUT2D eigenvalue weighted by Crippen LogP contribution is -2.09. The highest BCUT2D eigenvalue weighted by Crippen LogP contribution is 2.55. The first kappa shape index (κ1) is 36.9. The van der Waals surface area contributed by atoms with Crippen molar-refractivity contribution in [2.75, 3.05) is 0 Å². The predicted octanol–water partition coefficient (Wildman–Crippen LogP) is 17.5. The van der Waals surface area contributed by atoms with E-state index in [4.69, 9.17) is 0 Å². The van der Waals surface area contributed by atoms with Crippen LogP contribution in [0.3, 0.4) is 0 Å². The van der Waals surface area contributed by atoms with E-state index < -0.39 is 0 Å². The molecule has 0 fully saturated rings. The van der Waals surface area contributed by atoms with Gasteiger partial charge >= 0.3 is 0 Å². The van der Waals surface area contributed by atoms with Gasteiger partial charge < -0.3 is 9.13 Å². The van der Waals surface area contributed by atoms with E-state index in [0.29, 0.717) is 16.8 Å². The molecule has 14 rings (SSSR count). The summed E-state index contributed by atoms with van der Waals surface area (Å²) in [5.41, 5.74) is 9.63. The maximum absolute atomic E-state index is 11.9. The maximum Gasteiger partial charge on any atom is 0.220 e. The van der Waals surface area contributed by atoms with Crippen LogP contribution in [0.15, 0.2) is 194 Å². The number of aromatic nitrogens is 2. The van der Waals surface area contributed by atoms with E-state index in [0.717, 1.165) is 91.8 Å². The van der Waals surface area contributed by atoms with E-state index in [1.54, 1.807) is 22.7 Å². The average Bonchev–Trinajstić information content (AvgIpc) is 4.13. The summed E-state index contributed by atoms with van der Waals surface area (Å²) >= 11 is 3.61. The number of nitrogens with zero attached hydrogens (tertiary/aromatic N) is 4. The average molecular weight is 873 g/mol. The predicted molar refractivity (Wildman–Crippen MR) is 280 cm³/mol. The standard InChI is InChI=1S/C60H32N4S2/c1-62-54-52(35-16-4-2-5-17-35)47(34-61)55(63-48-25-13-10-22-39(48)46-32-37-20-8-9-21-38(37)33-49(46)63)53(36-18-6-3-7-19-36)58(54)64-56-42(28-30-44-40-23-11-14-26-50(40)65-59(44)56)43-29-31-45-41-24-12-15-27-51(41)66-60(45)57(43)64/h2-33H. The van der Waals surface area contributed by atoms with Crippen molar-refractivity contribution in [2.45, 2.75) is 0 Å². The van der Waals surface area contributed by atoms with Crippen LogP contribution in [-0.2, 0) is 0 Å². The molecule has 4 nitrogen and oxygen atoms in total. The number of para-hydroxylation sites is 1. The molecule has 14 aromatic rings. The number of thiophene rings is 2. The van der Waals surface area contributed by atoms with Crippen LogP contribution in [-0.4, -0.2) is 9.13 Å². The summed E-state index contributed by atoms with van der Waals surface area (Å²) in [6, 6.07) is 71.4. The summed E-state index contributed by atoms with van der Waals surface area (Å²) < 4.78 is 9.49. The first-order valence-electron chi connectivity index (χ1n) is 21.9. The zero-order valence-electron chi connectivity index (χ0n) is 35.1. The molecular formula is C60H32N4S2. The van der Waals surface area contributed by atoms with Gasteiger partial charge in [0.1, 0.15) is 6.07 Å². The van der Waals surface area contributed by atoms with Gasteiger partial charge in [-0.1, -0.05) is 164 Å². The van der Waals surface area contributed by atoms with Crippen LogP contribution in [0, 0.1) is 17.9 Å². The van der Waals surface area contributed by atoms with Gasteiger partial charge in [-0.15, -0.1) is 22.7 Å². The largest absolute Gasteiger partial charge is 0.316 e. The summed E-state index contributed by atoms with van der Waals surface area (Å²) in [6.45, 7) is 9.42. The Labute approximate surface area is 386 Å². The molecule has 0 saturated carbocycles. The topological polar surface area (TPSA) is 38.0 Å². The summed E-state index contributed by atoms with van der Waals surface area (Å²) in [7, 11) is 0. The van der Waals surface area contributed by atoms with Crippen LogP contribution in [0.1, 0.15) is 5.56 Å². The molecular weight excluding hydrogens is 841 g/mol. The Kier molecular flexibility index (Phi) is 7.82. The molecule has 0 atom stereocenters.